The summed E-state index contributed by atoms with van der Waals surface area (Å²) in [5.74, 6) is 1.37. The minimum atomic E-state index is -0.240. The van der Waals surface area contributed by atoms with E-state index in [9.17, 15) is 9.59 Å². The maximum atomic E-state index is 14.7. The topological polar surface area (TPSA) is 80.2 Å². The first-order valence-corrected chi connectivity index (χ1v) is 15.5. The number of halogens is 1. The van der Waals surface area contributed by atoms with Crippen LogP contribution in [0.1, 0.15) is 93.5 Å². The molecule has 5 atom stereocenters. The van der Waals surface area contributed by atoms with Gasteiger partial charge in [0, 0.05) is 31.1 Å². The molecule has 4 N–H and O–H groups in total. The van der Waals surface area contributed by atoms with Crippen LogP contribution in [0.2, 0.25) is 5.15 Å². The summed E-state index contributed by atoms with van der Waals surface area (Å²) in [5.41, 5.74) is 3.32. The molecule has 2 amide bonds. The second kappa shape index (κ2) is 11.2. The van der Waals surface area contributed by atoms with Gasteiger partial charge in [0.25, 0.3) is 5.15 Å². The number of H-pyrrole nitrogens is 1. The van der Waals surface area contributed by atoms with Crippen LogP contribution in [0.4, 0.5) is 0 Å². The lowest BCUT2D eigenvalue weighted by atomic mass is 9.63. The summed E-state index contributed by atoms with van der Waals surface area (Å²) >= 11 is 6.41. The van der Waals surface area contributed by atoms with Crippen molar-refractivity contribution in [2.45, 2.75) is 88.1 Å². The van der Waals surface area contributed by atoms with E-state index in [4.69, 9.17) is 11.6 Å². The van der Waals surface area contributed by atoms with Crippen molar-refractivity contribution in [3.63, 3.8) is 0 Å². The van der Waals surface area contributed by atoms with Crippen LogP contribution in [-0.4, -0.2) is 42.4 Å². The normalized spacial score (nSPS) is 31.2. The highest BCUT2D eigenvalue weighted by molar-refractivity contribution is 6.28. The smallest absolute Gasteiger partial charge is 0.273 e. The molecular weight excluding hydrogens is 508 g/mol. The van der Waals surface area contributed by atoms with Crippen molar-refractivity contribution in [1.82, 2.24) is 10.2 Å². The fourth-order valence-electron chi connectivity index (χ4n) is 8.52. The number of nitrogens with two attached hydrogens (primary N) is 1. The Morgan fingerprint density at radius 2 is 1.85 bits per heavy atom. The highest BCUT2D eigenvalue weighted by atomic mass is 35.5. The van der Waals surface area contributed by atoms with Crippen LogP contribution in [0.5, 0.6) is 0 Å². The van der Waals surface area contributed by atoms with Crippen molar-refractivity contribution in [2.75, 3.05) is 19.6 Å². The number of hydrogen-bond acceptors (Lipinski definition) is 2. The standard InChI is InChI=1S/C32H41ClN4O2/c1-21(38)35-27-14-16-32(25-12-13-29(33)36-30(25)27)20-34-19-26(32)31(39)37-17-15-24(22-8-4-2-5-9-22)18-28(37)23-10-6-3-7-11-23/h2,4-5,8-9,12-13,23-24,26-28,34H,3,6-7,10-11,14-20H2,1H3,(H,35,38)/p+2/t24-,26?,27?,28+,32+/m1/s1. The molecule has 3 fully saturated rings. The van der Waals surface area contributed by atoms with Gasteiger partial charge in [0.15, 0.2) is 0 Å². The maximum absolute atomic E-state index is 14.7. The van der Waals surface area contributed by atoms with Crippen LogP contribution in [-0.2, 0) is 15.0 Å². The number of nitrogens with zero attached hydrogens (tertiary/aromatic N) is 1. The van der Waals surface area contributed by atoms with E-state index in [0.29, 0.717) is 28.9 Å². The van der Waals surface area contributed by atoms with E-state index < -0.39 is 0 Å². The molecule has 6 rings (SSSR count). The van der Waals surface area contributed by atoms with Gasteiger partial charge in [-0.1, -0.05) is 49.6 Å². The van der Waals surface area contributed by atoms with Crippen molar-refractivity contribution in [3.8, 4) is 0 Å². The van der Waals surface area contributed by atoms with Gasteiger partial charge in [0.2, 0.25) is 17.5 Å². The summed E-state index contributed by atoms with van der Waals surface area (Å²) < 4.78 is 0. The number of pyridine rings is 1. The summed E-state index contributed by atoms with van der Waals surface area (Å²) in [6.45, 7) is 4.13. The van der Waals surface area contributed by atoms with E-state index in [1.165, 1.54) is 37.7 Å². The SMILES string of the molecule is CC(=O)NC1CC[C@]2(C[NH2+]CC2C(=O)N2CC[C@@H](c3ccccc3)C[C@H]2C2CCCCC2)c2ccc(Cl)[nH+]c21. The lowest BCUT2D eigenvalue weighted by Crippen LogP contribution is -2.82. The van der Waals surface area contributed by atoms with Crippen LogP contribution in [0.3, 0.4) is 0 Å². The van der Waals surface area contributed by atoms with Crippen LogP contribution < -0.4 is 15.6 Å². The molecule has 1 saturated carbocycles. The number of likely N-dealkylation sites (tertiary alicyclic amines) is 1. The van der Waals surface area contributed by atoms with E-state index in [2.05, 4.69) is 56.9 Å². The van der Waals surface area contributed by atoms with Gasteiger partial charge in [0.1, 0.15) is 12.0 Å². The molecular formula is C32H43ClN4O2+2. The molecule has 39 heavy (non-hydrogen) atoms. The van der Waals surface area contributed by atoms with Crippen molar-refractivity contribution in [2.24, 2.45) is 11.8 Å². The third kappa shape index (κ3) is 5.11. The third-order valence-corrected chi connectivity index (χ3v) is 10.6. The number of aromatic amines is 1. The summed E-state index contributed by atoms with van der Waals surface area (Å²) in [5, 5.41) is 6.02. The number of hydrogen-bond donors (Lipinski definition) is 2. The summed E-state index contributed by atoms with van der Waals surface area (Å²) in [6.07, 6.45) is 10.2. The Morgan fingerprint density at radius 1 is 1.05 bits per heavy atom. The summed E-state index contributed by atoms with van der Waals surface area (Å²) in [6, 6.07) is 15.2. The average Bonchev–Trinajstić information content (AvgIpc) is 3.39. The monoisotopic (exact) mass is 550 g/mol. The minimum Gasteiger partial charge on any atom is -0.345 e. The molecule has 208 valence electrons. The zero-order chi connectivity index (χ0) is 27.0. The number of piperidine rings is 1. The Morgan fingerprint density at radius 3 is 2.62 bits per heavy atom. The van der Waals surface area contributed by atoms with Gasteiger partial charge in [-0.25, -0.2) is 0 Å². The highest BCUT2D eigenvalue weighted by Gasteiger charge is 2.58. The fraction of sp³-hybridized carbons (Fsp3) is 0.594. The zero-order valence-electron chi connectivity index (χ0n) is 23.1. The molecule has 7 heteroatoms. The molecule has 2 aromatic rings. The van der Waals surface area contributed by atoms with Crippen LogP contribution >= 0.6 is 11.6 Å². The predicted octanol–water partition coefficient (Wildman–Crippen LogP) is 3.91. The van der Waals surface area contributed by atoms with Gasteiger partial charge in [-0.3, -0.25) is 9.59 Å². The Kier molecular flexibility index (Phi) is 7.69. The zero-order valence-corrected chi connectivity index (χ0v) is 23.9. The molecule has 3 heterocycles. The number of benzene rings is 1. The predicted molar refractivity (Wildman–Crippen MR) is 151 cm³/mol. The maximum Gasteiger partial charge on any atom is 0.273 e. The van der Waals surface area contributed by atoms with E-state index in [1.807, 2.05) is 6.07 Å². The molecule has 1 aromatic carbocycles. The Bertz CT molecular complexity index is 1200. The number of fused-ring (bicyclic) bond motifs is 2. The van der Waals surface area contributed by atoms with Gasteiger partial charge in [-0.15, -0.1) is 0 Å². The fourth-order valence-corrected chi connectivity index (χ4v) is 8.68. The average molecular weight is 551 g/mol. The number of amides is 2. The van der Waals surface area contributed by atoms with Crippen molar-refractivity contribution >= 4 is 23.4 Å². The second-order valence-corrected chi connectivity index (χ2v) is 12.9. The highest BCUT2D eigenvalue weighted by Crippen LogP contribution is 2.48. The number of carbonyl (C=O) groups excluding carboxylic acids is 2. The molecule has 4 aliphatic rings. The lowest BCUT2D eigenvalue weighted by molar-refractivity contribution is -0.640. The first kappa shape index (κ1) is 26.8. The molecule has 6 nitrogen and oxygen atoms in total. The van der Waals surface area contributed by atoms with Crippen LogP contribution in [0, 0.1) is 11.8 Å². The van der Waals surface area contributed by atoms with Gasteiger partial charge in [-0.05, 0) is 73.6 Å². The van der Waals surface area contributed by atoms with E-state index in [-0.39, 0.29) is 23.3 Å². The van der Waals surface area contributed by atoms with Crippen molar-refractivity contribution in [1.29, 1.82) is 0 Å². The van der Waals surface area contributed by atoms with Crippen LogP contribution in [0.25, 0.3) is 0 Å². The van der Waals surface area contributed by atoms with Gasteiger partial charge >= 0.3 is 0 Å². The lowest BCUT2D eigenvalue weighted by Gasteiger charge is -2.47. The van der Waals surface area contributed by atoms with Crippen LogP contribution in [0.15, 0.2) is 42.5 Å². The van der Waals surface area contributed by atoms with Gasteiger partial charge < -0.3 is 15.5 Å². The van der Waals surface area contributed by atoms with E-state index in [0.717, 1.165) is 56.6 Å². The molecule has 2 aliphatic heterocycles. The van der Waals surface area contributed by atoms with E-state index >= 15 is 0 Å². The quantitative estimate of drug-likeness (QED) is 0.566. The molecule has 0 bridgehead atoms. The van der Waals surface area contributed by atoms with Crippen molar-refractivity contribution in [3.05, 3.63) is 64.4 Å². The Balaban J connectivity index is 1.31. The number of carbonyl (C=O) groups is 2. The molecule has 2 aliphatic carbocycles. The molecule has 0 radical (unpaired) electrons. The molecule has 1 spiro atoms. The number of quaternary nitrogens is 1. The second-order valence-electron chi connectivity index (χ2n) is 12.5. The number of rotatable bonds is 4. The molecule has 2 unspecified atom stereocenters. The number of nitrogens with one attached hydrogen (secondary N) is 2. The Labute approximate surface area is 237 Å². The summed E-state index contributed by atoms with van der Waals surface area (Å²) in [7, 11) is 0. The summed E-state index contributed by atoms with van der Waals surface area (Å²) in [4.78, 5) is 32.4. The van der Waals surface area contributed by atoms with Gasteiger partial charge in [-0.2, -0.15) is 4.98 Å². The Hall–Kier alpha value is -2.44. The third-order valence-electron chi connectivity index (χ3n) is 10.4. The molecule has 2 saturated heterocycles. The largest absolute Gasteiger partial charge is 0.345 e. The van der Waals surface area contributed by atoms with Gasteiger partial charge in [0.05, 0.1) is 18.5 Å². The molecule has 1 aromatic heterocycles. The van der Waals surface area contributed by atoms with E-state index in [1.54, 1.807) is 6.92 Å². The first-order valence-electron chi connectivity index (χ1n) is 15.1. The first-order chi connectivity index (χ1) is 19.0. The minimum absolute atomic E-state index is 0.0440. The number of aromatic nitrogens is 1. The van der Waals surface area contributed by atoms with Crippen molar-refractivity contribution < 1.29 is 19.9 Å².